The number of hydrogen-bond donors (Lipinski definition) is 1. The number of benzene rings is 2. The topological polar surface area (TPSA) is 51.5 Å². The first-order valence-corrected chi connectivity index (χ1v) is 9.82. The van der Waals surface area contributed by atoms with Gasteiger partial charge in [0.2, 0.25) is 5.95 Å². The van der Waals surface area contributed by atoms with Crippen molar-refractivity contribution in [3.05, 3.63) is 48.0 Å². The average Bonchev–Trinajstić information content (AvgIpc) is 3.10. The predicted molar refractivity (Wildman–Crippen MR) is 114 cm³/mol. The molecule has 0 atom stereocenters. The van der Waals surface area contributed by atoms with Crippen molar-refractivity contribution in [3.63, 3.8) is 0 Å². The van der Waals surface area contributed by atoms with Crippen LogP contribution in [0.3, 0.4) is 0 Å². The number of ether oxygens (including phenoxy) is 2. The molecule has 0 aliphatic heterocycles. The zero-order valence-corrected chi connectivity index (χ0v) is 18.4. The highest BCUT2D eigenvalue weighted by atomic mass is 35.5. The first-order chi connectivity index (χ1) is 13.7. The maximum Gasteiger partial charge on any atom is 0.204 e. The molecular formula is C22H30ClN4O2-. The van der Waals surface area contributed by atoms with Crippen LogP contribution in [0.2, 0.25) is 0 Å². The highest BCUT2D eigenvalue weighted by Crippen LogP contribution is 2.26. The van der Waals surface area contributed by atoms with Crippen LogP contribution in [0.25, 0.3) is 11.0 Å². The number of rotatable bonds is 10. The Balaban J connectivity index is 0.00000300. The number of imidazole rings is 1. The molecule has 0 unspecified atom stereocenters. The van der Waals surface area contributed by atoms with Crippen LogP contribution in [0.4, 0.5) is 5.95 Å². The van der Waals surface area contributed by atoms with Crippen molar-refractivity contribution in [1.82, 2.24) is 14.5 Å². The number of para-hydroxylation sites is 2. The van der Waals surface area contributed by atoms with Crippen molar-refractivity contribution in [2.24, 2.45) is 0 Å². The van der Waals surface area contributed by atoms with E-state index < -0.39 is 0 Å². The smallest absolute Gasteiger partial charge is 0.204 e. The number of aromatic nitrogens is 2. The van der Waals surface area contributed by atoms with Crippen LogP contribution in [-0.4, -0.2) is 48.3 Å². The van der Waals surface area contributed by atoms with Gasteiger partial charge in [0.25, 0.3) is 0 Å². The molecule has 3 aromatic rings. The van der Waals surface area contributed by atoms with Gasteiger partial charge in [0.1, 0.15) is 11.5 Å². The quantitative estimate of drug-likeness (QED) is 0.533. The normalized spacial score (nSPS) is 10.8. The van der Waals surface area contributed by atoms with Gasteiger partial charge in [-0.25, -0.2) is 4.98 Å². The second-order valence-corrected chi connectivity index (χ2v) is 6.63. The van der Waals surface area contributed by atoms with Crippen molar-refractivity contribution in [3.8, 4) is 11.5 Å². The highest BCUT2D eigenvalue weighted by Gasteiger charge is 2.13. The first-order valence-electron chi connectivity index (χ1n) is 9.82. The van der Waals surface area contributed by atoms with E-state index in [-0.39, 0.29) is 12.4 Å². The molecule has 1 aromatic heterocycles. The Kier molecular flexibility index (Phi) is 8.61. The van der Waals surface area contributed by atoms with Crippen LogP contribution < -0.4 is 27.2 Å². The Hall–Kier alpha value is -2.44. The number of nitrogens with zero attached hydrogens (tertiary/aromatic N) is 3. The predicted octanol–water partition coefficient (Wildman–Crippen LogP) is 1.01. The Bertz CT molecular complexity index is 909. The molecule has 0 fully saturated rings. The molecular weight excluding hydrogens is 388 g/mol. The lowest BCUT2D eigenvalue weighted by Gasteiger charge is -2.19. The lowest BCUT2D eigenvalue weighted by atomic mass is 10.2. The van der Waals surface area contributed by atoms with Crippen molar-refractivity contribution < 1.29 is 21.9 Å². The van der Waals surface area contributed by atoms with Gasteiger partial charge in [0.05, 0.1) is 25.3 Å². The molecule has 2 aromatic carbocycles. The van der Waals surface area contributed by atoms with Crippen molar-refractivity contribution >= 4 is 17.0 Å². The minimum Gasteiger partial charge on any atom is -1.00 e. The number of fused-ring (bicyclic) bond motifs is 1. The summed E-state index contributed by atoms with van der Waals surface area (Å²) >= 11 is 0. The van der Waals surface area contributed by atoms with Crippen LogP contribution in [0, 0.1) is 0 Å². The van der Waals surface area contributed by atoms with Gasteiger partial charge in [-0.2, -0.15) is 0 Å². The number of anilines is 1. The molecule has 0 spiro atoms. The van der Waals surface area contributed by atoms with Gasteiger partial charge in [-0.15, -0.1) is 0 Å². The Labute approximate surface area is 179 Å². The molecule has 6 nitrogen and oxygen atoms in total. The van der Waals surface area contributed by atoms with E-state index in [4.69, 9.17) is 14.5 Å². The third-order valence-electron chi connectivity index (χ3n) is 5.11. The number of halogens is 1. The molecule has 0 aliphatic rings. The summed E-state index contributed by atoms with van der Waals surface area (Å²) in [6.45, 7) is 8.98. The van der Waals surface area contributed by atoms with Gasteiger partial charge in [0.15, 0.2) is 0 Å². The largest absolute Gasteiger partial charge is 1.00 e. The van der Waals surface area contributed by atoms with Crippen molar-refractivity contribution in [2.75, 3.05) is 39.2 Å². The van der Waals surface area contributed by atoms with Gasteiger partial charge in [-0.1, -0.05) is 26.0 Å². The summed E-state index contributed by atoms with van der Waals surface area (Å²) in [5.41, 5.74) is 3.18. The molecule has 7 heteroatoms. The lowest BCUT2D eigenvalue weighted by molar-refractivity contribution is -0.00000652. The van der Waals surface area contributed by atoms with E-state index >= 15 is 0 Å². The number of methoxy groups -OCH3 is 2. The second kappa shape index (κ2) is 10.9. The Morgan fingerprint density at radius 3 is 2.48 bits per heavy atom. The van der Waals surface area contributed by atoms with E-state index in [9.17, 15) is 0 Å². The molecule has 0 radical (unpaired) electrons. The summed E-state index contributed by atoms with van der Waals surface area (Å²) in [4.78, 5) is 7.24. The van der Waals surface area contributed by atoms with Crippen LogP contribution >= 0.6 is 0 Å². The highest BCUT2D eigenvalue weighted by molar-refractivity contribution is 5.78. The van der Waals surface area contributed by atoms with Gasteiger partial charge < -0.3 is 36.7 Å². The number of nitrogens with one attached hydrogen (secondary N) is 1. The monoisotopic (exact) mass is 417 g/mol. The van der Waals surface area contributed by atoms with Crippen LogP contribution in [0.15, 0.2) is 42.5 Å². The maximum atomic E-state index is 5.50. The summed E-state index contributed by atoms with van der Waals surface area (Å²) in [7, 11) is 3.36. The molecule has 29 heavy (non-hydrogen) atoms. The van der Waals surface area contributed by atoms with Gasteiger partial charge in [0, 0.05) is 25.2 Å². The molecule has 158 valence electrons. The minimum atomic E-state index is 0. The zero-order valence-electron chi connectivity index (χ0n) is 17.6. The van der Waals surface area contributed by atoms with E-state index in [2.05, 4.69) is 46.8 Å². The fourth-order valence-electron chi connectivity index (χ4n) is 3.41. The number of likely N-dealkylation sites (N-methyl/N-ethyl adjacent to an activating group) is 1. The van der Waals surface area contributed by atoms with Gasteiger partial charge in [-0.3, -0.25) is 0 Å². The summed E-state index contributed by atoms with van der Waals surface area (Å²) in [6.07, 6.45) is 0. The van der Waals surface area contributed by atoms with Gasteiger partial charge >= 0.3 is 0 Å². The lowest BCUT2D eigenvalue weighted by Crippen LogP contribution is -3.00. The van der Waals surface area contributed by atoms with Gasteiger partial charge in [-0.05, 0) is 43.4 Å². The van der Waals surface area contributed by atoms with Crippen LogP contribution in [0.5, 0.6) is 11.5 Å². The summed E-state index contributed by atoms with van der Waals surface area (Å²) in [5.74, 6) is 2.52. The number of hydrogen-bond acceptors (Lipinski definition) is 5. The average molecular weight is 418 g/mol. The minimum absolute atomic E-state index is 0. The maximum absolute atomic E-state index is 5.50. The fraction of sp³-hybridized carbons (Fsp3) is 0.409. The van der Waals surface area contributed by atoms with Crippen LogP contribution in [0.1, 0.15) is 19.4 Å². The molecule has 3 rings (SSSR count). The third kappa shape index (κ3) is 5.34. The fourth-order valence-corrected chi connectivity index (χ4v) is 3.41. The van der Waals surface area contributed by atoms with Crippen molar-refractivity contribution in [1.29, 1.82) is 0 Å². The Morgan fingerprint density at radius 1 is 1.03 bits per heavy atom. The summed E-state index contributed by atoms with van der Waals surface area (Å²) in [5, 5.41) is 3.50. The summed E-state index contributed by atoms with van der Waals surface area (Å²) < 4.78 is 13.1. The van der Waals surface area contributed by atoms with Crippen molar-refractivity contribution in [2.45, 2.75) is 26.9 Å². The van der Waals surface area contributed by atoms with Crippen LogP contribution in [-0.2, 0) is 13.1 Å². The molecule has 1 N–H and O–H groups in total. The summed E-state index contributed by atoms with van der Waals surface area (Å²) in [6, 6.07) is 14.1. The zero-order chi connectivity index (χ0) is 19.9. The molecule has 1 heterocycles. The van der Waals surface area contributed by atoms with E-state index in [0.29, 0.717) is 6.54 Å². The third-order valence-corrected chi connectivity index (χ3v) is 5.11. The Morgan fingerprint density at radius 2 is 1.79 bits per heavy atom. The standard InChI is InChI=1S/C22H30N4O2.ClH/c1-5-25(6-2)13-14-26-20-10-8-7-9-19(20)24-22(26)23-16-17-15-18(27-3)11-12-21(17)28-4;/h7-12,15H,5-6,13-14,16H2,1-4H3,(H,23,24);1H/p-1. The van der Waals surface area contributed by atoms with E-state index in [1.165, 1.54) is 0 Å². The molecule has 0 aliphatic carbocycles. The molecule has 0 saturated heterocycles. The SMILES string of the molecule is CCN(CC)CCn1c(NCc2cc(OC)ccc2OC)nc2ccccc21.[Cl-]. The molecule has 0 amide bonds. The molecule has 0 saturated carbocycles. The first kappa shape index (κ1) is 22.8. The van der Waals surface area contributed by atoms with E-state index in [0.717, 1.165) is 60.2 Å². The van der Waals surface area contributed by atoms with E-state index in [1.807, 2.05) is 24.3 Å². The second-order valence-electron chi connectivity index (χ2n) is 6.63. The van der Waals surface area contributed by atoms with E-state index in [1.54, 1.807) is 14.2 Å². The molecule has 0 bridgehead atoms.